The van der Waals surface area contributed by atoms with E-state index >= 15 is 0 Å². The number of halogens is 2. The fraction of sp³-hybridized carbons (Fsp3) is 0.0714. The van der Waals surface area contributed by atoms with Crippen molar-refractivity contribution in [2.75, 3.05) is 5.32 Å². The molecule has 0 heterocycles. The molecule has 0 radical (unpaired) electrons. The molecule has 2 rings (SSSR count). The van der Waals surface area contributed by atoms with Crippen LogP contribution in [-0.2, 0) is 11.2 Å². The van der Waals surface area contributed by atoms with Crippen molar-refractivity contribution in [2.24, 2.45) is 0 Å². The number of anilines is 1. The first-order chi connectivity index (χ1) is 9.06. The summed E-state index contributed by atoms with van der Waals surface area (Å²) < 4.78 is 0. The van der Waals surface area contributed by atoms with E-state index in [0.29, 0.717) is 21.3 Å². The van der Waals surface area contributed by atoms with Gasteiger partial charge in [-0.25, -0.2) is 0 Å². The van der Waals surface area contributed by atoms with Crippen LogP contribution in [0.3, 0.4) is 0 Å². The molecule has 2 aromatic carbocycles. The Morgan fingerprint density at radius 2 is 1.74 bits per heavy atom. The van der Waals surface area contributed by atoms with Crippen LogP contribution in [0.5, 0.6) is 5.75 Å². The van der Waals surface area contributed by atoms with E-state index in [0.717, 1.165) is 0 Å². The van der Waals surface area contributed by atoms with Crippen LogP contribution in [0.4, 0.5) is 5.69 Å². The molecule has 2 aromatic rings. The summed E-state index contributed by atoms with van der Waals surface area (Å²) in [4.78, 5) is 11.9. The maximum absolute atomic E-state index is 11.9. The lowest BCUT2D eigenvalue weighted by molar-refractivity contribution is -0.115. The molecular weight excluding hydrogens is 285 g/mol. The molecular formula is C14H11Cl2NO2. The van der Waals surface area contributed by atoms with Gasteiger partial charge >= 0.3 is 0 Å². The normalized spacial score (nSPS) is 10.2. The van der Waals surface area contributed by atoms with Crippen LogP contribution in [-0.4, -0.2) is 11.0 Å². The number of nitrogens with one attached hydrogen (secondary N) is 1. The molecule has 0 aliphatic heterocycles. The van der Waals surface area contributed by atoms with Crippen LogP contribution in [0.25, 0.3) is 0 Å². The molecule has 0 unspecified atom stereocenters. The Bertz CT molecular complexity index is 594. The van der Waals surface area contributed by atoms with Crippen LogP contribution in [0, 0.1) is 0 Å². The molecule has 98 valence electrons. The average Bonchev–Trinajstić information content (AvgIpc) is 2.34. The largest absolute Gasteiger partial charge is 0.508 e. The van der Waals surface area contributed by atoms with Crippen molar-refractivity contribution in [3.05, 3.63) is 58.1 Å². The molecule has 0 saturated heterocycles. The van der Waals surface area contributed by atoms with Crippen molar-refractivity contribution in [1.29, 1.82) is 0 Å². The first-order valence-electron chi connectivity index (χ1n) is 5.58. The number of phenols is 1. The standard InChI is InChI=1S/C14H11Cl2NO2/c15-12-5-2-6-13(16)11(12)8-14(19)17-9-3-1-4-10(18)7-9/h1-7,18H,8H2,(H,17,19). The van der Waals surface area contributed by atoms with Crippen LogP contribution >= 0.6 is 23.2 Å². The summed E-state index contributed by atoms with van der Waals surface area (Å²) in [6, 6.07) is 11.4. The molecule has 2 N–H and O–H groups in total. The lowest BCUT2D eigenvalue weighted by atomic mass is 10.1. The highest BCUT2D eigenvalue weighted by molar-refractivity contribution is 6.36. The Kier molecular flexibility index (Phi) is 4.30. The van der Waals surface area contributed by atoms with Crippen LogP contribution in [0.2, 0.25) is 10.0 Å². The monoisotopic (exact) mass is 295 g/mol. The fourth-order valence-corrected chi connectivity index (χ4v) is 2.18. The number of hydrogen-bond donors (Lipinski definition) is 2. The molecule has 0 atom stereocenters. The van der Waals surface area contributed by atoms with E-state index in [2.05, 4.69) is 5.32 Å². The Morgan fingerprint density at radius 3 is 2.37 bits per heavy atom. The maximum atomic E-state index is 11.9. The molecule has 0 spiro atoms. The van der Waals surface area contributed by atoms with Gasteiger partial charge in [0.1, 0.15) is 5.75 Å². The third-order valence-electron chi connectivity index (χ3n) is 2.53. The minimum atomic E-state index is -0.249. The second kappa shape index (κ2) is 5.95. The Morgan fingerprint density at radius 1 is 1.11 bits per heavy atom. The molecule has 0 aliphatic rings. The van der Waals surface area contributed by atoms with Gasteiger partial charge in [0.15, 0.2) is 0 Å². The van der Waals surface area contributed by atoms with Crippen molar-refractivity contribution in [3.8, 4) is 5.75 Å². The second-order valence-corrected chi connectivity index (χ2v) is 4.79. The first-order valence-corrected chi connectivity index (χ1v) is 6.33. The zero-order valence-corrected chi connectivity index (χ0v) is 11.4. The number of benzene rings is 2. The molecule has 19 heavy (non-hydrogen) atoms. The predicted molar refractivity (Wildman–Crippen MR) is 76.9 cm³/mol. The van der Waals surface area contributed by atoms with E-state index in [1.54, 1.807) is 30.3 Å². The smallest absolute Gasteiger partial charge is 0.228 e. The van der Waals surface area contributed by atoms with E-state index in [4.69, 9.17) is 23.2 Å². The maximum Gasteiger partial charge on any atom is 0.228 e. The number of carbonyl (C=O) groups excluding carboxylic acids is 1. The van der Waals surface area contributed by atoms with Crippen molar-refractivity contribution in [2.45, 2.75) is 6.42 Å². The summed E-state index contributed by atoms with van der Waals surface area (Å²) in [5, 5.41) is 12.9. The molecule has 5 heteroatoms. The van der Waals surface area contributed by atoms with Crippen molar-refractivity contribution in [1.82, 2.24) is 0 Å². The van der Waals surface area contributed by atoms with Crippen molar-refractivity contribution in [3.63, 3.8) is 0 Å². The first kappa shape index (κ1) is 13.7. The topological polar surface area (TPSA) is 49.3 Å². The highest BCUT2D eigenvalue weighted by atomic mass is 35.5. The van der Waals surface area contributed by atoms with Gasteiger partial charge in [0.25, 0.3) is 0 Å². The summed E-state index contributed by atoms with van der Waals surface area (Å²) >= 11 is 12.0. The number of carbonyl (C=O) groups is 1. The van der Waals surface area contributed by atoms with Gasteiger partial charge in [0, 0.05) is 21.8 Å². The van der Waals surface area contributed by atoms with E-state index in [-0.39, 0.29) is 18.1 Å². The van der Waals surface area contributed by atoms with Gasteiger partial charge in [-0.2, -0.15) is 0 Å². The highest BCUT2D eigenvalue weighted by Crippen LogP contribution is 2.25. The number of phenolic OH excluding ortho intramolecular Hbond substituents is 1. The van der Waals surface area contributed by atoms with Gasteiger partial charge < -0.3 is 10.4 Å². The van der Waals surface area contributed by atoms with Gasteiger partial charge in [0.2, 0.25) is 5.91 Å². The number of aromatic hydroxyl groups is 1. The number of amides is 1. The van der Waals surface area contributed by atoms with Crippen LogP contribution in [0.15, 0.2) is 42.5 Å². The van der Waals surface area contributed by atoms with Gasteiger partial charge in [-0.3, -0.25) is 4.79 Å². The number of hydrogen-bond acceptors (Lipinski definition) is 2. The molecule has 1 amide bonds. The Hall–Kier alpha value is -1.71. The Balaban J connectivity index is 2.10. The van der Waals surface area contributed by atoms with Gasteiger partial charge in [-0.05, 0) is 29.8 Å². The summed E-state index contributed by atoms with van der Waals surface area (Å²) in [6.07, 6.45) is 0.0775. The third kappa shape index (κ3) is 3.63. The lowest BCUT2D eigenvalue weighted by Gasteiger charge is -2.08. The summed E-state index contributed by atoms with van der Waals surface area (Å²) in [5.41, 5.74) is 1.11. The molecule has 0 bridgehead atoms. The predicted octanol–water partition coefficient (Wildman–Crippen LogP) is 3.88. The van der Waals surface area contributed by atoms with Gasteiger partial charge in [-0.15, -0.1) is 0 Å². The minimum absolute atomic E-state index is 0.0775. The summed E-state index contributed by atoms with van der Waals surface area (Å²) in [6.45, 7) is 0. The average molecular weight is 296 g/mol. The highest BCUT2D eigenvalue weighted by Gasteiger charge is 2.11. The quantitative estimate of drug-likeness (QED) is 0.903. The van der Waals surface area contributed by atoms with E-state index in [9.17, 15) is 9.90 Å². The minimum Gasteiger partial charge on any atom is -0.508 e. The molecule has 0 aliphatic carbocycles. The van der Waals surface area contributed by atoms with Gasteiger partial charge in [0.05, 0.1) is 6.42 Å². The summed E-state index contributed by atoms with van der Waals surface area (Å²) in [7, 11) is 0. The zero-order valence-electron chi connectivity index (χ0n) is 9.86. The van der Waals surface area contributed by atoms with Crippen LogP contribution in [0.1, 0.15) is 5.56 Å². The SMILES string of the molecule is O=C(Cc1c(Cl)cccc1Cl)Nc1cccc(O)c1. The molecule has 0 saturated carbocycles. The fourth-order valence-electron chi connectivity index (χ4n) is 1.65. The molecule has 0 aromatic heterocycles. The van der Waals surface area contributed by atoms with Gasteiger partial charge in [-0.1, -0.05) is 35.3 Å². The van der Waals surface area contributed by atoms with Crippen LogP contribution < -0.4 is 5.32 Å². The van der Waals surface area contributed by atoms with Crippen molar-refractivity contribution < 1.29 is 9.90 Å². The van der Waals surface area contributed by atoms with E-state index in [1.165, 1.54) is 12.1 Å². The van der Waals surface area contributed by atoms with E-state index < -0.39 is 0 Å². The molecule has 3 nitrogen and oxygen atoms in total. The number of rotatable bonds is 3. The van der Waals surface area contributed by atoms with Crippen molar-refractivity contribution >= 4 is 34.8 Å². The summed E-state index contributed by atoms with van der Waals surface area (Å²) in [5.74, 6) is -0.158. The Labute approximate surface area is 120 Å². The molecule has 0 fully saturated rings. The lowest BCUT2D eigenvalue weighted by Crippen LogP contribution is -2.14. The third-order valence-corrected chi connectivity index (χ3v) is 3.24. The zero-order chi connectivity index (χ0) is 13.8. The van der Waals surface area contributed by atoms with E-state index in [1.807, 2.05) is 0 Å². The second-order valence-electron chi connectivity index (χ2n) is 3.98.